The number of nitrogens with one attached hydrogen (secondary N) is 1. The van der Waals surface area contributed by atoms with Gasteiger partial charge in [0.1, 0.15) is 29.1 Å². The maximum absolute atomic E-state index is 12.1. The minimum absolute atomic E-state index is 0.0319. The first kappa shape index (κ1) is 30.6. The first-order valence-electron chi connectivity index (χ1n) is 10.5. The van der Waals surface area contributed by atoms with Crippen molar-refractivity contribution < 1.29 is 42.9 Å². The van der Waals surface area contributed by atoms with Crippen LogP contribution in [0.15, 0.2) is 0 Å². The molecule has 1 saturated heterocycles. The molecule has 1 fully saturated rings. The van der Waals surface area contributed by atoms with Gasteiger partial charge in [-0.1, -0.05) is 11.8 Å². The van der Waals surface area contributed by atoms with Crippen LogP contribution in [-0.4, -0.2) is 94.6 Å². The van der Waals surface area contributed by atoms with E-state index in [1.165, 1.54) is 58.1 Å². The fourth-order valence-corrected chi connectivity index (χ4v) is 7.04. The van der Waals surface area contributed by atoms with E-state index >= 15 is 0 Å². The van der Waals surface area contributed by atoms with Gasteiger partial charge in [-0.05, 0) is 17.2 Å². The number of amides is 1. The summed E-state index contributed by atoms with van der Waals surface area (Å²) in [5.41, 5.74) is -0.742. The fraction of sp³-hybridized carbons (Fsp3) is 0.762. The van der Waals surface area contributed by atoms with E-state index in [-0.39, 0.29) is 21.9 Å². The van der Waals surface area contributed by atoms with Gasteiger partial charge in [-0.2, -0.15) is 0 Å². The van der Waals surface area contributed by atoms with Crippen LogP contribution in [-0.2, 0) is 53.8 Å². The highest BCUT2D eigenvalue weighted by Crippen LogP contribution is 2.34. The van der Waals surface area contributed by atoms with Gasteiger partial charge >= 0.3 is 17.9 Å². The van der Waals surface area contributed by atoms with Gasteiger partial charge in [0.2, 0.25) is 5.91 Å². The maximum atomic E-state index is 12.1. The van der Waals surface area contributed by atoms with Gasteiger partial charge in [0.05, 0.1) is 6.26 Å². The Balaban J connectivity index is 3.34. The lowest BCUT2D eigenvalue weighted by molar-refractivity contribution is -0.234. The van der Waals surface area contributed by atoms with E-state index in [9.17, 15) is 24.0 Å². The van der Waals surface area contributed by atoms with Gasteiger partial charge < -0.3 is 24.3 Å². The zero-order valence-corrected chi connectivity index (χ0v) is 22.9. The molecular formula is C21H34NO9S3+. The first-order chi connectivity index (χ1) is 15.8. The number of thioether (sulfide) groups is 2. The van der Waals surface area contributed by atoms with Crippen molar-refractivity contribution in [1.29, 1.82) is 0 Å². The fourth-order valence-electron chi connectivity index (χ4n) is 3.52. The zero-order chi connectivity index (χ0) is 26.0. The minimum Gasteiger partial charge on any atom is -0.456 e. The molecule has 1 unspecified atom stereocenters. The molecule has 0 aliphatic carbocycles. The molecule has 34 heavy (non-hydrogen) atoms. The van der Waals surface area contributed by atoms with Crippen LogP contribution in [0.5, 0.6) is 0 Å². The Morgan fingerprint density at radius 2 is 1.44 bits per heavy atom. The molecule has 13 heteroatoms. The summed E-state index contributed by atoms with van der Waals surface area (Å²) in [6.45, 7) is 6.51. The Morgan fingerprint density at radius 1 is 0.912 bits per heavy atom. The van der Waals surface area contributed by atoms with Crippen molar-refractivity contribution in [2.45, 2.75) is 70.5 Å². The number of carbonyl (C=O) groups is 5. The van der Waals surface area contributed by atoms with Gasteiger partial charge in [-0.25, -0.2) is 0 Å². The number of rotatable bonds is 11. The smallest absolute Gasteiger partial charge is 0.303 e. The van der Waals surface area contributed by atoms with Crippen LogP contribution in [0.4, 0.5) is 0 Å². The molecule has 1 rings (SSSR count). The number of hydrogen-bond acceptors (Lipinski definition) is 11. The summed E-state index contributed by atoms with van der Waals surface area (Å²) in [6.07, 6.45) is -0.416. The summed E-state index contributed by atoms with van der Waals surface area (Å²) in [4.78, 5) is 59.0. The molecule has 194 valence electrons. The lowest BCUT2D eigenvalue weighted by Crippen LogP contribution is -2.66. The molecule has 0 aromatic heterocycles. The third-order valence-electron chi connectivity index (χ3n) is 4.66. The SMILES string of the molecule is CS[C@H]1O[C@H]([C@H](C[S+](C)CCSC(C)=O)NC(C)=O)[C@H](OC(C)=O)[C@H](OC(C)=O)[C@H]1OC(C)=O. The molecule has 1 heterocycles. The largest absolute Gasteiger partial charge is 0.456 e. The van der Waals surface area contributed by atoms with E-state index in [0.717, 1.165) is 5.75 Å². The summed E-state index contributed by atoms with van der Waals surface area (Å²) >= 11 is 2.47. The number of esters is 3. The molecule has 0 radical (unpaired) electrons. The van der Waals surface area contributed by atoms with Crippen molar-refractivity contribution in [1.82, 2.24) is 5.32 Å². The van der Waals surface area contributed by atoms with Crippen LogP contribution >= 0.6 is 23.5 Å². The molecule has 1 aliphatic rings. The molecule has 0 aromatic rings. The highest BCUT2D eigenvalue weighted by atomic mass is 32.2. The van der Waals surface area contributed by atoms with Crippen LogP contribution in [0.3, 0.4) is 0 Å². The quantitative estimate of drug-likeness (QED) is 0.228. The Labute approximate surface area is 211 Å². The Bertz CT molecular complexity index is 751. The topological polar surface area (TPSA) is 134 Å². The van der Waals surface area contributed by atoms with Crippen LogP contribution in [0.2, 0.25) is 0 Å². The first-order valence-corrected chi connectivity index (χ1v) is 14.8. The minimum atomic E-state index is -1.13. The third kappa shape index (κ3) is 10.4. The van der Waals surface area contributed by atoms with Crippen molar-refractivity contribution in [3.05, 3.63) is 0 Å². The van der Waals surface area contributed by atoms with E-state index < -0.39 is 53.8 Å². The Hall–Kier alpha value is -1.44. The predicted octanol–water partition coefficient (Wildman–Crippen LogP) is 0.902. The number of ether oxygens (including phenoxy) is 4. The van der Waals surface area contributed by atoms with Gasteiger partial charge in [0.15, 0.2) is 23.4 Å². The molecule has 1 aliphatic heterocycles. The van der Waals surface area contributed by atoms with E-state index in [1.807, 2.05) is 6.26 Å². The molecule has 0 saturated carbocycles. The molecule has 0 bridgehead atoms. The summed E-state index contributed by atoms with van der Waals surface area (Å²) in [5, 5.41) is 2.91. The molecular weight excluding hydrogens is 506 g/mol. The van der Waals surface area contributed by atoms with Crippen molar-refractivity contribution in [3.8, 4) is 0 Å². The highest BCUT2D eigenvalue weighted by Gasteiger charge is 2.54. The number of carbonyl (C=O) groups excluding carboxylic acids is 5. The normalized spacial score (nSPS) is 26.0. The summed E-state index contributed by atoms with van der Waals surface area (Å²) in [5.74, 6) is -0.355. The Morgan fingerprint density at radius 3 is 1.91 bits per heavy atom. The van der Waals surface area contributed by atoms with Crippen molar-refractivity contribution in [3.63, 3.8) is 0 Å². The van der Waals surface area contributed by atoms with E-state index in [0.29, 0.717) is 11.5 Å². The molecule has 1 N–H and O–H groups in total. The zero-order valence-electron chi connectivity index (χ0n) is 20.5. The van der Waals surface area contributed by atoms with Gasteiger partial charge in [-0.15, -0.1) is 11.8 Å². The Kier molecular flexibility index (Phi) is 13.4. The van der Waals surface area contributed by atoms with E-state index in [4.69, 9.17) is 18.9 Å². The van der Waals surface area contributed by atoms with Crippen molar-refractivity contribution >= 4 is 63.3 Å². The van der Waals surface area contributed by atoms with Gasteiger partial charge in [0, 0.05) is 40.4 Å². The molecule has 1 amide bonds. The average Bonchev–Trinajstić information content (AvgIpc) is 2.68. The lowest BCUT2D eigenvalue weighted by Gasteiger charge is -2.46. The lowest BCUT2D eigenvalue weighted by atomic mass is 9.94. The molecule has 10 nitrogen and oxygen atoms in total. The van der Waals surface area contributed by atoms with Crippen LogP contribution in [0.1, 0.15) is 34.6 Å². The monoisotopic (exact) mass is 540 g/mol. The number of hydrogen-bond donors (Lipinski definition) is 1. The van der Waals surface area contributed by atoms with Crippen molar-refractivity contribution in [2.24, 2.45) is 0 Å². The van der Waals surface area contributed by atoms with Crippen LogP contribution in [0, 0.1) is 0 Å². The van der Waals surface area contributed by atoms with E-state index in [1.54, 1.807) is 6.26 Å². The molecule has 0 spiro atoms. The maximum Gasteiger partial charge on any atom is 0.303 e. The molecule has 0 aromatic carbocycles. The second-order valence-electron chi connectivity index (χ2n) is 7.73. The summed E-state index contributed by atoms with van der Waals surface area (Å²) < 4.78 is 22.7. The molecule has 7 atom stereocenters. The van der Waals surface area contributed by atoms with Crippen LogP contribution < -0.4 is 5.32 Å². The van der Waals surface area contributed by atoms with Crippen molar-refractivity contribution in [2.75, 3.05) is 29.8 Å². The van der Waals surface area contributed by atoms with E-state index in [2.05, 4.69) is 5.32 Å². The third-order valence-corrected chi connectivity index (χ3v) is 8.40. The summed E-state index contributed by atoms with van der Waals surface area (Å²) in [7, 11) is -0.223. The van der Waals surface area contributed by atoms with Crippen LogP contribution in [0.25, 0.3) is 0 Å². The second kappa shape index (κ2) is 14.8. The highest BCUT2D eigenvalue weighted by molar-refractivity contribution is 8.14. The van der Waals surface area contributed by atoms with Gasteiger partial charge in [-0.3, -0.25) is 24.0 Å². The standard InChI is InChI=1S/C21H33NO9S3/c1-11(23)22-16(10-34(7)9-8-33-15(5)27)17-18(28-12(2)24)19(29-13(3)25)20(30-14(4)26)21(31-17)32-6/h16-21H,8-10H2,1-7H3/p+1/t16-,17+,18-,19-,20+,21+,34?/m0/s1. The second-order valence-corrected chi connectivity index (χ2v) is 12.2. The summed E-state index contributed by atoms with van der Waals surface area (Å²) in [6, 6.07) is -0.594. The predicted molar refractivity (Wildman–Crippen MR) is 133 cm³/mol. The van der Waals surface area contributed by atoms with Gasteiger partial charge in [0.25, 0.3) is 0 Å². The average molecular weight is 541 g/mol.